The molecule has 0 aliphatic carbocycles. The Labute approximate surface area is 97.5 Å². The molecule has 0 unspecified atom stereocenters. The average molecular weight is 333 g/mol. The minimum Gasteiger partial charge on any atom is -0.258 e. The molecule has 13 heavy (non-hydrogen) atoms. The summed E-state index contributed by atoms with van der Waals surface area (Å²) < 4.78 is 0.551. The van der Waals surface area contributed by atoms with Gasteiger partial charge in [-0.1, -0.05) is 23.2 Å². The molecule has 0 aliphatic heterocycles. The summed E-state index contributed by atoms with van der Waals surface area (Å²) in [6.07, 6.45) is 0. The number of rotatable bonds is 1. The van der Waals surface area contributed by atoms with Crippen molar-refractivity contribution in [3.8, 4) is 0 Å². The van der Waals surface area contributed by atoms with E-state index in [0.717, 1.165) is 0 Å². The van der Waals surface area contributed by atoms with Gasteiger partial charge >= 0.3 is 5.69 Å². The van der Waals surface area contributed by atoms with Crippen molar-refractivity contribution < 1.29 is 4.92 Å². The van der Waals surface area contributed by atoms with Gasteiger partial charge in [0.2, 0.25) is 5.15 Å². The topological polar surface area (TPSA) is 56.0 Å². The Hall–Kier alpha value is -0.140. The molecular weight excluding hydrogens is 330 g/mol. The van der Waals surface area contributed by atoms with Gasteiger partial charge in [-0.2, -0.15) is 0 Å². The highest BCUT2D eigenvalue weighted by atomic mass is 127. The summed E-state index contributed by atoms with van der Waals surface area (Å²) in [7, 11) is 0. The first-order valence-electron chi connectivity index (χ1n) is 3.10. The molecule has 0 radical (unpaired) electrons. The van der Waals surface area contributed by atoms with E-state index in [1.807, 2.05) is 22.6 Å². The van der Waals surface area contributed by atoms with Crippen molar-refractivity contribution in [2.45, 2.75) is 6.92 Å². The molecule has 0 bridgehead atoms. The van der Waals surface area contributed by atoms with Gasteiger partial charge in [0.05, 0.1) is 14.2 Å². The highest BCUT2D eigenvalue weighted by molar-refractivity contribution is 14.1. The molecule has 0 aromatic carbocycles. The van der Waals surface area contributed by atoms with Gasteiger partial charge in [-0.15, -0.1) is 0 Å². The Bertz CT molecular complexity index is 383. The number of aryl methyl sites for hydroxylation is 1. The molecule has 70 valence electrons. The van der Waals surface area contributed by atoms with E-state index in [9.17, 15) is 10.1 Å². The fourth-order valence-electron chi connectivity index (χ4n) is 0.758. The molecule has 4 nitrogen and oxygen atoms in total. The van der Waals surface area contributed by atoms with E-state index < -0.39 is 4.92 Å². The van der Waals surface area contributed by atoms with Crippen LogP contribution in [0, 0.1) is 20.6 Å². The van der Waals surface area contributed by atoms with Crippen molar-refractivity contribution in [1.29, 1.82) is 0 Å². The number of aromatic nitrogens is 1. The average Bonchev–Trinajstić information content (AvgIpc) is 1.99. The van der Waals surface area contributed by atoms with Crippen LogP contribution in [-0.4, -0.2) is 9.91 Å². The van der Waals surface area contributed by atoms with Crippen LogP contribution in [-0.2, 0) is 0 Å². The minimum atomic E-state index is -0.640. The molecule has 1 aromatic rings. The van der Waals surface area contributed by atoms with E-state index in [4.69, 9.17) is 23.2 Å². The van der Waals surface area contributed by atoms with Crippen LogP contribution in [0.2, 0.25) is 10.2 Å². The highest BCUT2D eigenvalue weighted by Crippen LogP contribution is 2.35. The number of pyridine rings is 1. The fourth-order valence-corrected chi connectivity index (χ4v) is 1.77. The van der Waals surface area contributed by atoms with Gasteiger partial charge in [0.1, 0.15) is 5.02 Å². The highest BCUT2D eigenvalue weighted by Gasteiger charge is 2.23. The lowest BCUT2D eigenvalue weighted by Gasteiger charge is -2.02. The van der Waals surface area contributed by atoms with Crippen molar-refractivity contribution in [3.63, 3.8) is 0 Å². The van der Waals surface area contributed by atoms with E-state index >= 15 is 0 Å². The van der Waals surface area contributed by atoms with Crippen LogP contribution < -0.4 is 0 Å². The number of nitro groups is 1. The van der Waals surface area contributed by atoms with Crippen molar-refractivity contribution >= 4 is 51.5 Å². The van der Waals surface area contributed by atoms with Crippen LogP contribution in [0.15, 0.2) is 0 Å². The summed E-state index contributed by atoms with van der Waals surface area (Å²) in [5.74, 6) is 0. The molecule has 7 heteroatoms. The first kappa shape index (κ1) is 10.9. The van der Waals surface area contributed by atoms with Gasteiger partial charge in [0, 0.05) is 0 Å². The summed E-state index contributed by atoms with van der Waals surface area (Å²) in [6.45, 7) is 1.68. The third kappa shape index (κ3) is 2.03. The van der Waals surface area contributed by atoms with E-state index in [1.54, 1.807) is 6.92 Å². The van der Waals surface area contributed by atoms with E-state index in [-0.39, 0.29) is 15.9 Å². The molecule has 0 N–H and O–H groups in total. The van der Waals surface area contributed by atoms with Crippen LogP contribution in [0.3, 0.4) is 0 Å². The SMILES string of the molecule is Cc1nc(Cl)c([N+](=O)[O-])c(Cl)c1I. The lowest BCUT2D eigenvalue weighted by molar-refractivity contribution is -0.385. The first-order valence-corrected chi connectivity index (χ1v) is 4.94. The molecule has 1 heterocycles. The van der Waals surface area contributed by atoms with Crippen molar-refractivity contribution in [2.24, 2.45) is 0 Å². The molecule has 0 amide bonds. The number of halogens is 3. The van der Waals surface area contributed by atoms with Crippen LogP contribution in [0.1, 0.15) is 5.69 Å². The summed E-state index contributed by atoms with van der Waals surface area (Å²) >= 11 is 13.2. The van der Waals surface area contributed by atoms with Gasteiger partial charge in [-0.05, 0) is 29.5 Å². The third-order valence-electron chi connectivity index (χ3n) is 1.36. The zero-order valence-corrected chi connectivity index (χ0v) is 10.0. The largest absolute Gasteiger partial charge is 0.325 e. The standard InChI is InChI=1S/C6H3Cl2IN2O2/c1-2-4(9)3(7)5(11(12)13)6(8)10-2/h1H3. The predicted molar refractivity (Wildman–Crippen MR) is 58.4 cm³/mol. The van der Waals surface area contributed by atoms with Crippen LogP contribution in [0.5, 0.6) is 0 Å². The molecule has 1 rings (SSSR count). The summed E-state index contributed by atoms with van der Waals surface area (Å²) in [5.41, 5.74) is 0.250. The van der Waals surface area contributed by atoms with Gasteiger partial charge in [0.25, 0.3) is 0 Å². The number of hydrogen-bond acceptors (Lipinski definition) is 3. The molecule has 0 fully saturated rings. The van der Waals surface area contributed by atoms with E-state index in [2.05, 4.69) is 4.98 Å². The van der Waals surface area contributed by atoms with Gasteiger partial charge in [-0.25, -0.2) is 4.98 Å². The number of nitrogens with zero attached hydrogens (tertiary/aromatic N) is 2. The monoisotopic (exact) mass is 332 g/mol. The maximum absolute atomic E-state index is 10.5. The van der Waals surface area contributed by atoms with Crippen molar-refractivity contribution in [2.75, 3.05) is 0 Å². The van der Waals surface area contributed by atoms with Crippen molar-refractivity contribution in [1.82, 2.24) is 4.98 Å². The van der Waals surface area contributed by atoms with Gasteiger partial charge < -0.3 is 0 Å². The number of hydrogen-bond donors (Lipinski definition) is 0. The van der Waals surface area contributed by atoms with Crippen molar-refractivity contribution in [3.05, 3.63) is 29.6 Å². The van der Waals surface area contributed by atoms with Crippen LogP contribution in [0.25, 0.3) is 0 Å². The summed E-state index contributed by atoms with van der Waals surface area (Å²) in [4.78, 5) is 13.6. The molecule has 0 aliphatic rings. The summed E-state index contributed by atoms with van der Waals surface area (Å²) in [5, 5.41) is 10.4. The smallest absolute Gasteiger partial charge is 0.258 e. The maximum Gasteiger partial charge on any atom is 0.325 e. The maximum atomic E-state index is 10.5. The zero-order chi connectivity index (χ0) is 10.2. The molecule has 0 spiro atoms. The predicted octanol–water partition coefficient (Wildman–Crippen LogP) is 3.21. The second-order valence-electron chi connectivity index (χ2n) is 2.22. The molecule has 0 atom stereocenters. The fraction of sp³-hybridized carbons (Fsp3) is 0.167. The van der Waals surface area contributed by atoms with E-state index in [1.165, 1.54) is 0 Å². The lowest BCUT2D eigenvalue weighted by Crippen LogP contribution is -1.97. The molecule has 0 saturated heterocycles. The quantitative estimate of drug-likeness (QED) is 0.343. The molecular formula is C6H3Cl2IN2O2. The van der Waals surface area contributed by atoms with E-state index in [0.29, 0.717) is 9.26 Å². The molecule has 1 aromatic heterocycles. The summed E-state index contributed by atoms with van der Waals surface area (Å²) in [6, 6.07) is 0. The first-order chi connectivity index (χ1) is 5.95. The second-order valence-corrected chi connectivity index (χ2v) is 4.04. The third-order valence-corrected chi connectivity index (χ3v) is 3.63. The Morgan fingerprint density at radius 2 is 2.08 bits per heavy atom. The Morgan fingerprint density at radius 3 is 2.54 bits per heavy atom. The Balaban J connectivity index is 3.53. The normalized spacial score (nSPS) is 10.2. The Morgan fingerprint density at radius 1 is 1.54 bits per heavy atom. The van der Waals surface area contributed by atoms with Crippen LogP contribution >= 0.6 is 45.8 Å². The lowest BCUT2D eigenvalue weighted by atomic mass is 10.3. The Kier molecular flexibility index (Phi) is 3.31. The van der Waals surface area contributed by atoms with Gasteiger partial charge in [0.15, 0.2) is 0 Å². The molecule has 0 saturated carbocycles. The minimum absolute atomic E-state index is 0.0445. The second kappa shape index (κ2) is 3.93. The van der Waals surface area contributed by atoms with Crippen LogP contribution in [0.4, 0.5) is 5.69 Å². The van der Waals surface area contributed by atoms with Gasteiger partial charge in [-0.3, -0.25) is 10.1 Å². The zero-order valence-electron chi connectivity index (χ0n) is 6.34.